The average Bonchev–Trinajstić information content (AvgIpc) is 2.65. The van der Waals surface area contributed by atoms with Crippen molar-refractivity contribution in [3.63, 3.8) is 0 Å². The molecule has 2 N–H and O–H groups in total. The molecule has 2 nitrogen and oxygen atoms in total. The molecule has 0 bridgehead atoms. The Balaban J connectivity index is 2.21. The third-order valence-electron chi connectivity index (χ3n) is 2.30. The van der Waals surface area contributed by atoms with E-state index in [4.69, 9.17) is 10.5 Å². The summed E-state index contributed by atoms with van der Waals surface area (Å²) in [5.41, 5.74) is 9.13. The van der Waals surface area contributed by atoms with Crippen LogP contribution in [0.3, 0.4) is 0 Å². The highest BCUT2D eigenvalue weighted by Crippen LogP contribution is 2.22. The van der Waals surface area contributed by atoms with E-state index in [1.54, 1.807) is 18.4 Å². The van der Waals surface area contributed by atoms with Crippen molar-refractivity contribution in [2.45, 2.75) is 6.42 Å². The normalized spacial score (nSPS) is 10.2. The van der Waals surface area contributed by atoms with Gasteiger partial charge in [-0.05, 0) is 28.6 Å². The van der Waals surface area contributed by atoms with Crippen LogP contribution < -0.4 is 10.5 Å². The number of thiophene rings is 1. The molecule has 0 fully saturated rings. The fraction of sp³-hybridized carbons (Fsp3) is 0.167. The van der Waals surface area contributed by atoms with Crippen LogP contribution in [0.25, 0.3) is 0 Å². The SMILES string of the molecule is COc1cccc(Cc2cscc2N)c1. The Morgan fingerprint density at radius 2 is 2.20 bits per heavy atom. The van der Waals surface area contributed by atoms with Gasteiger partial charge in [0, 0.05) is 17.5 Å². The maximum absolute atomic E-state index is 5.84. The van der Waals surface area contributed by atoms with Crippen LogP contribution in [0.15, 0.2) is 35.0 Å². The second-order valence-electron chi connectivity index (χ2n) is 3.38. The molecule has 0 aliphatic heterocycles. The van der Waals surface area contributed by atoms with E-state index in [0.717, 1.165) is 17.9 Å². The van der Waals surface area contributed by atoms with Crippen molar-refractivity contribution in [1.82, 2.24) is 0 Å². The smallest absolute Gasteiger partial charge is 0.119 e. The first-order valence-corrected chi connectivity index (χ1v) is 5.67. The number of methoxy groups -OCH3 is 1. The molecule has 0 aliphatic rings. The summed E-state index contributed by atoms with van der Waals surface area (Å²) in [4.78, 5) is 0. The number of rotatable bonds is 3. The number of nitrogens with two attached hydrogens (primary N) is 1. The van der Waals surface area contributed by atoms with Gasteiger partial charge in [0.15, 0.2) is 0 Å². The second-order valence-corrected chi connectivity index (χ2v) is 4.12. The number of ether oxygens (including phenoxy) is 1. The van der Waals surface area contributed by atoms with Gasteiger partial charge in [-0.25, -0.2) is 0 Å². The van der Waals surface area contributed by atoms with Crippen molar-refractivity contribution in [2.24, 2.45) is 0 Å². The molecule has 0 radical (unpaired) electrons. The lowest BCUT2D eigenvalue weighted by molar-refractivity contribution is 0.414. The third kappa shape index (κ3) is 2.30. The van der Waals surface area contributed by atoms with E-state index >= 15 is 0 Å². The Hall–Kier alpha value is -1.48. The Labute approximate surface area is 93.3 Å². The van der Waals surface area contributed by atoms with Crippen LogP contribution >= 0.6 is 11.3 Å². The summed E-state index contributed by atoms with van der Waals surface area (Å²) >= 11 is 1.64. The minimum absolute atomic E-state index is 0.868. The summed E-state index contributed by atoms with van der Waals surface area (Å²) in [6, 6.07) is 8.06. The zero-order valence-corrected chi connectivity index (χ0v) is 9.38. The molecule has 1 aromatic carbocycles. The maximum atomic E-state index is 5.84. The van der Waals surface area contributed by atoms with Gasteiger partial charge in [-0.15, -0.1) is 11.3 Å². The largest absolute Gasteiger partial charge is 0.497 e. The molecule has 0 amide bonds. The van der Waals surface area contributed by atoms with Gasteiger partial charge >= 0.3 is 0 Å². The van der Waals surface area contributed by atoms with Crippen molar-refractivity contribution in [2.75, 3.05) is 12.8 Å². The van der Waals surface area contributed by atoms with E-state index in [9.17, 15) is 0 Å². The third-order valence-corrected chi connectivity index (χ3v) is 3.12. The first kappa shape index (κ1) is 10.1. The summed E-state index contributed by atoms with van der Waals surface area (Å²) < 4.78 is 5.18. The highest BCUT2D eigenvalue weighted by Gasteiger charge is 2.02. The van der Waals surface area contributed by atoms with Crippen LogP contribution in [0, 0.1) is 0 Å². The molecule has 1 aromatic heterocycles. The van der Waals surface area contributed by atoms with Crippen LogP contribution in [0.5, 0.6) is 5.75 Å². The first-order chi connectivity index (χ1) is 7.29. The lowest BCUT2D eigenvalue weighted by Gasteiger charge is -2.04. The van der Waals surface area contributed by atoms with Crippen molar-refractivity contribution in [3.05, 3.63) is 46.2 Å². The van der Waals surface area contributed by atoms with Gasteiger partial charge in [0.25, 0.3) is 0 Å². The fourth-order valence-electron chi connectivity index (χ4n) is 1.48. The van der Waals surface area contributed by atoms with E-state index in [1.807, 2.05) is 23.6 Å². The number of hydrogen-bond donors (Lipinski definition) is 1. The van der Waals surface area contributed by atoms with Gasteiger partial charge < -0.3 is 10.5 Å². The second kappa shape index (κ2) is 4.36. The minimum Gasteiger partial charge on any atom is -0.497 e. The molecule has 0 saturated heterocycles. The minimum atomic E-state index is 0.868. The number of hydrogen-bond acceptors (Lipinski definition) is 3. The predicted octanol–water partition coefficient (Wildman–Crippen LogP) is 2.93. The molecule has 78 valence electrons. The molecule has 3 heteroatoms. The number of benzene rings is 1. The predicted molar refractivity (Wildman–Crippen MR) is 64.5 cm³/mol. The van der Waals surface area contributed by atoms with Gasteiger partial charge in [-0.2, -0.15) is 0 Å². The first-order valence-electron chi connectivity index (χ1n) is 4.73. The van der Waals surface area contributed by atoms with E-state index < -0.39 is 0 Å². The Bertz CT molecular complexity index is 450. The van der Waals surface area contributed by atoms with E-state index in [1.165, 1.54) is 11.1 Å². The molecular weight excluding hydrogens is 206 g/mol. The molecule has 0 unspecified atom stereocenters. The van der Waals surface area contributed by atoms with Gasteiger partial charge in [-0.3, -0.25) is 0 Å². The van der Waals surface area contributed by atoms with Crippen LogP contribution in [0.1, 0.15) is 11.1 Å². The zero-order valence-electron chi connectivity index (χ0n) is 8.57. The summed E-state index contributed by atoms with van der Waals surface area (Å²) in [5, 5.41) is 4.06. The zero-order chi connectivity index (χ0) is 10.7. The number of anilines is 1. The quantitative estimate of drug-likeness (QED) is 0.861. The highest BCUT2D eigenvalue weighted by molar-refractivity contribution is 7.08. The summed E-state index contributed by atoms with van der Waals surface area (Å²) in [6.45, 7) is 0. The van der Waals surface area contributed by atoms with Crippen molar-refractivity contribution < 1.29 is 4.74 Å². The van der Waals surface area contributed by atoms with Gasteiger partial charge in [0.05, 0.1) is 7.11 Å². The molecule has 2 aromatic rings. The van der Waals surface area contributed by atoms with Gasteiger partial charge in [0.2, 0.25) is 0 Å². The maximum Gasteiger partial charge on any atom is 0.119 e. The lowest BCUT2D eigenvalue weighted by atomic mass is 10.1. The van der Waals surface area contributed by atoms with Crippen LogP contribution in [0.2, 0.25) is 0 Å². The van der Waals surface area contributed by atoms with E-state index in [0.29, 0.717) is 0 Å². The van der Waals surface area contributed by atoms with Crippen LogP contribution in [-0.4, -0.2) is 7.11 Å². The van der Waals surface area contributed by atoms with Crippen molar-refractivity contribution >= 4 is 17.0 Å². The van der Waals surface area contributed by atoms with Crippen LogP contribution in [0.4, 0.5) is 5.69 Å². The summed E-state index contributed by atoms with van der Waals surface area (Å²) in [5.74, 6) is 0.890. The molecule has 0 aliphatic carbocycles. The Morgan fingerprint density at radius 1 is 1.33 bits per heavy atom. The Morgan fingerprint density at radius 3 is 2.87 bits per heavy atom. The molecule has 15 heavy (non-hydrogen) atoms. The number of nitrogen functional groups attached to an aromatic ring is 1. The Kier molecular flexibility index (Phi) is 2.92. The average molecular weight is 219 g/mol. The lowest BCUT2D eigenvalue weighted by Crippen LogP contribution is -1.92. The van der Waals surface area contributed by atoms with Gasteiger partial charge in [0.1, 0.15) is 5.75 Å². The topological polar surface area (TPSA) is 35.2 Å². The van der Waals surface area contributed by atoms with Crippen molar-refractivity contribution in [3.8, 4) is 5.75 Å². The van der Waals surface area contributed by atoms with Crippen molar-refractivity contribution in [1.29, 1.82) is 0 Å². The highest BCUT2D eigenvalue weighted by atomic mass is 32.1. The molecule has 1 heterocycles. The molecular formula is C12H13NOS. The monoisotopic (exact) mass is 219 g/mol. The van der Waals surface area contributed by atoms with E-state index in [2.05, 4.69) is 11.4 Å². The molecule has 0 saturated carbocycles. The molecule has 0 atom stereocenters. The van der Waals surface area contributed by atoms with Crippen LogP contribution in [-0.2, 0) is 6.42 Å². The van der Waals surface area contributed by atoms with E-state index in [-0.39, 0.29) is 0 Å². The fourth-order valence-corrected chi connectivity index (χ4v) is 2.23. The molecule has 0 spiro atoms. The van der Waals surface area contributed by atoms with Gasteiger partial charge in [-0.1, -0.05) is 12.1 Å². The standard InChI is InChI=1S/C12H13NOS/c1-14-11-4-2-3-9(6-11)5-10-7-15-8-12(10)13/h2-4,6-8H,5,13H2,1H3. The summed E-state index contributed by atoms with van der Waals surface area (Å²) in [6.07, 6.45) is 0.868. The summed E-state index contributed by atoms with van der Waals surface area (Å²) in [7, 11) is 1.68. The molecule has 2 rings (SSSR count).